The summed E-state index contributed by atoms with van der Waals surface area (Å²) in [6.07, 6.45) is -0.216. The molecule has 21 heavy (non-hydrogen) atoms. The van der Waals surface area contributed by atoms with Crippen molar-refractivity contribution in [2.45, 2.75) is 13.0 Å². The molecule has 0 bridgehead atoms. The highest BCUT2D eigenvalue weighted by Crippen LogP contribution is 2.20. The number of aromatic amines is 1. The van der Waals surface area contributed by atoms with Gasteiger partial charge in [0.1, 0.15) is 11.5 Å². The summed E-state index contributed by atoms with van der Waals surface area (Å²) in [5.74, 6) is 0.985. The number of imidazole rings is 1. The zero-order valence-corrected chi connectivity index (χ0v) is 10.4. The number of hydrogen-bond acceptors (Lipinski definition) is 5. The van der Waals surface area contributed by atoms with Crippen molar-refractivity contribution in [3.05, 3.63) is 36.4 Å². The molecule has 0 aliphatic rings. The van der Waals surface area contributed by atoms with Crippen LogP contribution in [0.15, 0.2) is 30.7 Å². The first-order valence-corrected chi connectivity index (χ1v) is 5.81. The smallest absolute Gasteiger partial charge is 0.310 e. The van der Waals surface area contributed by atoms with E-state index in [0.717, 1.165) is 0 Å². The standard InChI is InChI=1S/C11H9F3N6O/c12-11(13,14)21-6-7-5-20-9(17-7)2-3-15-10(20)18-8-1-4-16-19-8/h1-5H,6H2,(H2,15,16,18,19). The van der Waals surface area contributed by atoms with Crippen molar-refractivity contribution in [1.29, 1.82) is 0 Å². The van der Waals surface area contributed by atoms with E-state index in [4.69, 9.17) is 0 Å². The number of nitrogens with one attached hydrogen (secondary N) is 2. The zero-order chi connectivity index (χ0) is 14.9. The fourth-order valence-electron chi connectivity index (χ4n) is 1.73. The first-order chi connectivity index (χ1) is 10.0. The van der Waals surface area contributed by atoms with E-state index < -0.39 is 13.0 Å². The number of alkyl halides is 3. The third kappa shape index (κ3) is 3.11. The van der Waals surface area contributed by atoms with Gasteiger partial charge in [-0.05, 0) is 6.07 Å². The lowest BCUT2D eigenvalue weighted by Gasteiger charge is -2.05. The van der Waals surface area contributed by atoms with Gasteiger partial charge in [0.15, 0.2) is 0 Å². The molecule has 0 aromatic carbocycles. The van der Waals surface area contributed by atoms with Crippen LogP contribution in [0.25, 0.3) is 5.65 Å². The number of H-pyrrole nitrogens is 1. The fraction of sp³-hybridized carbons (Fsp3) is 0.182. The van der Waals surface area contributed by atoms with Crippen molar-refractivity contribution in [2.75, 3.05) is 5.32 Å². The Morgan fingerprint density at radius 2 is 2.14 bits per heavy atom. The highest BCUT2D eigenvalue weighted by molar-refractivity contribution is 5.53. The monoisotopic (exact) mass is 298 g/mol. The van der Waals surface area contributed by atoms with E-state index in [-0.39, 0.29) is 5.69 Å². The second-order valence-corrected chi connectivity index (χ2v) is 4.06. The van der Waals surface area contributed by atoms with Crippen LogP contribution in [0.3, 0.4) is 0 Å². The number of hydrogen-bond donors (Lipinski definition) is 2. The van der Waals surface area contributed by atoms with Gasteiger partial charge in [-0.25, -0.2) is 9.97 Å². The van der Waals surface area contributed by atoms with E-state index in [2.05, 4.69) is 30.2 Å². The minimum atomic E-state index is -4.69. The number of aromatic nitrogens is 5. The minimum Gasteiger partial charge on any atom is -0.310 e. The van der Waals surface area contributed by atoms with Crippen molar-refractivity contribution in [1.82, 2.24) is 24.6 Å². The van der Waals surface area contributed by atoms with E-state index in [1.807, 2.05) is 0 Å². The molecule has 3 aromatic rings. The molecule has 0 atom stereocenters. The number of halogens is 3. The highest BCUT2D eigenvalue weighted by Gasteiger charge is 2.29. The van der Waals surface area contributed by atoms with Gasteiger partial charge in [0.25, 0.3) is 0 Å². The maximum Gasteiger partial charge on any atom is 0.522 e. The molecule has 0 radical (unpaired) electrons. The van der Waals surface area contributed by atoms with Gasteiger partial charge in [-0.15, -0.1) is 13.2 Å². The molecule has 10 heteroatoms. The van der Waals surface area contributed by atoms with Crippen LogP contribution < -0.4 is 5.32 Å². The van der Waals surface area contributed by atoms with Crippen molar-refractivity contribution in [3.8, 4) is 0 Å². The number of fused-ring (bicyclic) bond motifs is 1. The van der Waals surface area contributed by atoms with Crippen LogP contribution in [0, 0.1) is 0 Å². The number of ether oxygens (including phenoxy) is 1. The molecule has 0 unspecified atom stereocenters. The number of nitrogens with zero attached hydrogens (tertiary/aromatic N) is 4. The third-order valence-corrected chi connectivity index (χ3v) is 2.56. The summed E-state index contributed by atoms with van der Waals surface area (Å²) in [4.78, 5) is 8.14. The van der Waals surface area contributed by atoms with E-state index in [1.54, 1.807) is 18.3 Å². The van der Waals surface area contributed by atoms with Gasteiger partial charge in [-0.3, -0.25) is 14.2 Å². The molecule has 110 valence electrons. The molecule has 0 aliphatic heterocycles. The van der Waals surface area contributed by atoms with E-state index >= 15 is 0 Å². The van der Waals surface area contributed by atoms with Crippen molar-refractivity contribution in [2.24, 2.45) is 0 Å². The summed E-state index contributed by atoms with van der Waals surface area (Å²) >= 11 is 0. The van der Waals surface area contributed by atoms with E-state index in [1.165, 1.54) is 16.8 Å². The lowest BCUT2D eigenvalue weighted by Crippen LogP contribution is -2.12. The van der Waals surface area contributed by atoms with Gasteiger partial charge in [-0.2, -0.15) is 5.10 Å². The maximum atomic E-state index is 12.0. The number of anilines is 2. The fourth-order valence-corrected chi connectivity index (χ4v) is 1.73. The van der Waals surface area contributed by atoms with Crippen LogP contribution in [0.5, 0.6) is 0 Å². The highest BCUT2D eigenvalue weighted by atomic mass is 19.4. The maximum absolute atomic E-state index is 12.0. The summed E-state index contributed by atoms with van der Waals surface area (Å²) in [6, 6.07) is 3.26. The second kappa shape index (κ2) is 5.05. The molecule has 0 spiro atoms. The van der Waals surface area contributed by atoms with Crippen molar-refractivity contribution >= 4 is 17.4 Å². The molecule has 0 saturated heterocycles. The molecular weight excluding hydrogens is 289 g/mol. The molecule has 0 fully saturated rings. The first-order valence-electron chi connectivity index (χ1n) is 5.81. The van der Waals surface area contributed by atoms with Gasteiger partial charge in [0.05, 0.1) is 18.5 Å². The Labute approximate surface area is 115 Å². The van der Waals surface area contributed by atoms with Crippen LogP contribution in [0.2, 0.25) is 0 Å². The van der Waals surface area contributed by atoms with Crippen molar-refractivity contribution < 1.29 is 17.9 Å². The SMILES string of the molecule is FC(F)(F)OCc1cn2c(Nc3ccn[nH]3)nccc2n1. The molecule has 2 N–H and O–H groups in total. The minimum absolute atomic E-state index is 0.146. The Hall–Kier alpha value is -2.62. The Balaban J connectivity index is 1.87. The van der Waals surface area contributed by atoms with E-state index in [9.17, 15) is 13.2 Å². The lowest BCUT2D eigenvalue weighted by molar-refractivity contribution is -0.330. The molecule has 0 amide bonds. The molecule has 7 nitrogen and oxygen atoms in total. The molecular formula is C11H9F3N6O. The largest absolute Gasteiger partial charge is 0.522 e. The molecule has 3 rings (SSSR count). The van der Waals surface area contributed by atoms with Crippen LogP contribution in [-0.4, -0.2) is 30.9 Å². The van der Waals surface area contributed by atoms with Crippen LogP contribution in [0.4, 0.5) is 24.9 Å². The average Bonchev–Trinajstić information content (AvgIpc) is 3.04. The average molecular weight is 298 g/mol. The zero-order valence-electron chi connectivity index (χ0n) is 10.4. The quantitative estimate of drug-likeness (QED) is 0.772. The van der Waals surface area contributed by atoms with Gasteiger partial charge >= 0.3 is 6.36 Å². The second-order valence-electron chi connectivity index (χ2n) is 4.06. The van der Waals surface area contributed by atoms with Crippen molar-refractivity contribution in [3.63, 3.8) is 0 Å². The number of rotatable bonds is 4. The van der Waals surface area contributed by atoms with Gasteiger partial charge in [-0.1, -0.05) is 0 Å². The predicted octanol–water partition coefficient (Wildman–Crippen LogP) is 2.23. The Kier molecular flexibility index (Phi) is 3.22. The van der Waals surface area contributed by atoms with E-state index in [0.29, 0.717) is 17.4 Å². The summed E-state index contributed by atoms with van der Waals surface area (Å²) in [6.45, 7) is -0.658. The molecule has 3 aromatic heterocycles. The summed E-state index contributed by atoms with van der Waals surface area (Å²) in [7, 11) is 0. The van der Waals surface area contributed by atoms with Crippen LogP contribution in [0.1, 0.15) is 5.69 Å². The topological polar surface area (TPSA) is 80.1 Å². The normalized spacial score (nSPS) is 12.0. The predicted molar refractivity (Wildman–Crippen MR) is 65.7 cm³/mol. The first kappa shape index (κ1) is 13.4. The lowest BCUT2D eigenvalue weighted by atomic mass is 10.5. The third-order valence-electron chi connectivity index (χ3n) is 2.56. The summed E-state index contributed by atoms with van der Waals surface area (Å²) in [5, 5.41) is 9.41. The Morgan fingerprint density at radius 3 is 2.86 bits per heavy atom. The summed E-state index contributed by atoms with van der Waals surface area (Å²) < 4.78 is 41.4. The van der Waals surface area contributed by atoms with Gasteiger partial charge < -0.3 is 5.32 Å². The van der Waals surface area contributed by atoms with Gasteiger partial charge in [0.2, 0.25) is 5.95 Å². The molecule has 3 heterocycles. The summed E-state index contributed by atoms with van der Waals surface area (Å²) in [5.41, 5.74) is 0.598. The van der Waals surface area contributed by atoms with Crippen LogP contribution in [-0.2, 0) is 11.3 Å². The molecule has 0 saturated carbocycles. The Bertz CT molecular complexity index is 736. The van der Waals surface area contributed by atoms with Crippen LogP contribution >= 0.6 is 0 Å². The Morgan fingerprint density at radius 1 is 1.29 bits per heavy atom. The molecule has 0 aliphatic carbocycles. The van der Waals surface area contributed by atoms with Gasteiger partial charge in [0, 0.05) is 18.5 Å².